The molecule has 2 heterocycles. The highest BCUT2D eigenvalue weighted by Gasteiger charge is 2.10. The van der Waals surface area contributed by atoms with Crippen LogP contribution in [0.15, 0.2) is 47.8 Å². The zero-order valence-corrected chi connectivity index (χ0v) is 15.1. The van der Waals surface area contributed by atoms with Crippen molar-refractivity contribution in [3.63, 3.8) is 0 Å². The Labute approximate surface area is 150 Å². The number of benzene rings is 2. The fourth-order valence-corrected chi connectivity index (χ4v) is 4.10. The van der Waals surface area contributed by atoms with Crippen LogP contribution in [0.25, 0.3) is 21.1 Å². The van der Waals surface area contributed by atoms with E-state index in [4.69, 9.17) is 0 Å². The third kappa shape index (κ3) is 2.91. The maximum absolute atomic E-state index is 12.4. The van der Waals surface area contributed by atoms with E-state index in [1.807, 2.05) is 36.7 Å². The minimum absolute atomic E-state index is 0.0512. The van der Waals surface area contributed by atoms with Gasteiger partial charge in [-0.3, -0.25) is 4.79 Å². The lowest BCUT2D eigenvalue weighted by Gasteiger charge is -2.05. The Bertz CT molecular complexity index is 1080. The van der Waals surface area contributed by atoms with Crippen LogP contribution in [0, 0.1) is 6.92 Å². The molecular weight excluding hydrogens is 330 g/mol. The molecule has 0 spiro atoms. The molecule has 126 valence electrons. The van der Waals surface area contributed by atoms with E-state index in [0.29, 0.717) is 12.1 Å². The molecule has 4 rings (SSSR count). The number of amides is 1. The first-order valence-corrected chi connectivity index (χ1v) is 9.18. The van der Waals surface area contributed by atoms with Crippen LogP contribution in [0.4, 0.5) is 0 Å². The number of aromatic nitrogens is 2. The van der Waals surface area contributed by atoms with Gasteiger partial charge in [-0.2, -0.15) is 0 Å². The fourth-order valence-electron chi connectivity index (χ4n) is 3.10. The lowest BCUT2D eigenvalue weighted by molar-refractivity contribution is 0.0954. The highest BCUT2D eigenvalue weighted by atomic mass is 32.1. The first-order chi connectivity index (χ1) is 12.1. The number of fused-ring (bicyclic) bond motifs is 2. The van der Waals surface area contributed by atoms with Gasteiger partial charge in [-0.1, -0.05) is 18.2 Å². The molecule has 2 aromatic carbocycles. The lowest BCUT2D eigenvalue weighted by Crippen LogP contribution is -2.25. The summed E-state index contributed by atoms with van der Waals surface area (Å²) in [6.45, 7) is 2.59. The van der Waals surface area contributed by atoms with E-state index in [9.17, 15) is 4.79 Å². The highest BCUT2D eigenvalue weighted by Crippen LogP contribution is 2.25. The zero-order valence-electron chi connectivity index (χ0n) is 14.2. The molecule has 0 fully saturated rings. The van der Waals surface area contributed by atoms with Crippen molar-refractivity contribution in [2.75, 3.05) is 6.54 Å². The van der Waals surface area contributed by atoms with E-state index < -0.39 is 0 Å². The van der Waals surface area contributed by atoms with Gasteiger partial charge in [-0.05, 0) is 53.9 Å². The SMILES string of the molecule is Cc1nc2cc(C(=O)NCCc3csc4ccccc34)ccc2n1C. The van der Waals surface area contributed by atoms with Crippen LogP contribution in [0.5, 0.6) is 0 Å². The van der Waals surface area contributed by atoms with Crippen molar-refractivity contribution in [1.29, 1.82) is 0 Å². The maximum atomic E-state index is 12.4. The van der Waals surface area contributed by atoms with Gasteiger partial charge in [-0.25, -0.2) is 4.98 Å². The van der Waals surface area contributed by atoms with Crippen LogP contribution in [-0.4, -0.2) is 22.0 Å². The van der Waals surface area contributed by atoms with Crippen molar-refractivity contribution < 1.29 is 4.79 Å². The van der Waals surface area contributed by atoms with Gasteiger partial charge in [-0.15, -0.1) is 11.3 Å². The van der Waals surface area contributed by atoms with E-state index in [1.54, 1.807) is 11.3 Å². The number of imidazole rings is 1. The number of nitrogens with one attached hydrogen (secondary N) is 1. The maximum Gasteiger partial charge on any atom is 0.251 e. The van der Waals surface area contributed by atoms with E-state index in [2.05, 4.69) is 39.9 Å². The van der Waals surface area contributed by atoms with Crippen LogP contribution in [0.1, 0.15) is 21.7 Å². The standard InChI is InChI=1S/C20H19N3OS/c1-13-22-17-11-14(7-8-18(17)23(13)2)20(24)21-10-9-15-12-25-19-6-4-3-5-16(15)19/h3-8,11-12H,9-10H2,1-2H3,(H,21,24). The second kappa shape index (κ2) is 6.33. The van der Waals surface area contributed by atoms with Gasteiger partial charge in [0, 0.05) is 23.9 Å². The minimum Gasteiger partial charge on any atom is -0.352 e. The lowest BCUT2D eigenvalue weighted by atomic mass is 10.1. The average molecular weight is 349 g/mol. The van der Waals surface area contributed by atoms with E-state index >= 15 is 0 Å². The number of carbonyl (C=O) groups excluding carboxylic acids is 1. The summed E-state index contributed by atoms with van der Waals surface area (Å²) in [6.07, 6.45) is 0.834. The van der Waals surface area contributed by atoms with Crippen molar-refractivity contribution in [1.82, 2.24) is 14.9 Å². The number of rotatable bonds is 4. The molecule has 2 aromatic heterocycles. The molecule has 0 bridgehead atoms. The third-order valence-corrected chi connectivity index (χ3v) is 5.62. The molecule has 0 radical (unpaired) electrons. The predicted octanol–water partition coefficient (Wildman–Crippen LogP) is 4.07. The van der Waals surface area contributed by atoms with Gasteiger partial charge in [0.25, 0.3) is 5.91 Å². The summed E-state index contributed by atoms with van der Waals surface area (Å²) in [5.74, 6) is 0.890. The second-order valence-corrected chi connectivity index (χ2v) is 7.10. The van der Waals surface area contributed by atoms with Crippen LogP contribution in [-0.2, 0) is 13.5 Å². The van der Waals surface area contributed by atoms with Gasteiger partial charge in [0.15, 0.2) is 0 Å². The largest absolute Gasteiger partial charge is 0.352 e. The Kier molecular flexibility index (Phi) is 4.01. The summed E-state index contributed by atoms with van der Waals surface area (Å²) >= 11 is 1.75. The van der Waals surface area contributed by atoms with E-state index in [-0.39, 0.29) is 5.91 Å². The van der Waals surface area contributed by atoms with Crippen molar-refractivity contribution in [2.24, 2.45) is 7.05 Å². The molecule has 0 saturated carbocycles. The van der Waals surface area contributed by atoms with Crippen molar-refractivity contribution >= 4 is 38.4 Å². The smallest absolute Gasteiger partial charge is 0.251 e. The Hall–Kier alpha value is -2.66. The summed E-state index contributed by atoms with van der Waals surface area (Å²) in [5.41, 5.74) is 3.84. The summed E-state index contributed by atoms with van der Waals surface area (Å²) < 4.78 is 3.32. The number of aryl methyl sites for hydroxylation is 2. The predicted molar refractivity (Wildman–Crippen MR) is 103 cm³/mol. The summed E-state index contributed by atoms with van der Waals surface area (Å²) in [6, 6.07) is 14.1. The number of carbonyl (C=O) groups is 1. The number of thiophene rings is 1. The Morgan fingerprint density at radius 1 is 1.24 bits per heavy atom. The molecule has 4 nitrogen and oxygen atoms in total. The van der Waals surface area contributed by atoms with Gasteiger partial charge >= 0.3 is 0 Å². The first kappa shape index (κ1) is 15.8. The summed E-state index contributed by atoms with van der Waals surface area (Å²) in [5, 5.41) is 6.48. The summed E-state index contributed by atoms with van der Waals surface area (Å²) in [4.78, 5) is 16.9. The molecule has 0 atom stereocenters. The molecule has 25 heavy (non-hydrogen) atoms. The Morgan fingerprint density at radius 2 is 2.08 bits per heavy atom. The van der Waals surface area contributed by atoms with Crippen LogP contribution >= 0.6 is 11.3 Å². The topological polar surface area (TPSA) is 46.9 Å². The van der Waals surface area contributed by atoms with Crippen molar-refractivity contribution in [3.05, 3.63) is 64.8 Å². The van der Waals surface area contributed by atoms with Crippen LogP contribution < -0.4 is 5.32 Å². The quantitative estimate of drug-likeness (QED) is 0.604. The molecule has 1 amide bonds. The number of hydrogen-bond donors (Lipinski definition) is 1. The molecule has 4 aromatic rings. The normalized spacial score (nSPS) is 11.3. The van der Waals surface area contributed by atoms with Crippen molar-refractivity contribution in [2.45, 2.75) is 13.3 Å². The number of hydrogen-bond acceptors (Lipinski definition) is 3. The van der Waals surface area contributed by atoms with E-state index in [1.165, 1.54) is 15.6 Å². The molecule has 0 aliphatic heterocycles. The fraction of sp³-hybridized carbons (Fsp3) is 0.200. The molecular formula is C20H19N3OS. The Balaban J connectivity index is 1.45. The van der Waals surface area contributed by atoms with Gasteiger partial charge in [0.1, 0.15) is 5.82 Å². The molecule has 5 heteroatoms. The van der Waals surface area contributed by atoms with Crippen LogP contribution in [0.2, 0.25) is 0 Å². The molecule has 0 aliphatic carbocycles. The van der Waals surface area contributed by atoms with Gasteiger partial charge in [0.2, 0.25) is 0 Å². The zero-order chi connectivity index (χ0) is 17.4. The molecule has 0 unspecified atom stereocenters. The number of nitrogens with zero attached hydrogens (tertiary/aromatic N) is 2. The molecule has 1 N–H and O–H groups in total. The van der Waals surface area contributed by atoms with Crippen molar-refractivity contribution in [3.8, 4) is 0 Å². The Morgan fingerprint density at radius 3 is 2.96 bits per heavy atom. The first-order valence-electron chi connectivity index (χ1n) is 8.30. The third-order valence-electron chi connectivity index (χ3n) is 4.61. The van der Waals surface area contributed by atoms with Gasteiger partial charge < -0.3 is 9.88 Å². The van der Waals surface area contributed by atoms with E-state index in [0.717, 1.165) is 23.3 Å². The minimum atomic E-state index is -0.0512. The molecule has 0 aliphatic rings. The monoisotopic (exact) mass is 349 g/mol. The van der Waals surface area contributed by atoms with Gasteiger partial charge in [0.05, 0.1) is 11.0 Å². The second-order valence-electron chi connectivity index (χ2n) is 6.18. The highest BCUT2D eigenvalue weighted by molar-refractivity contribution is 7.17. The molecule has 0 saturated heterocycles. The summed E-state index contributed by atoms with van der Waals surface area (Å²) in [7, 11) is 1.98. The average Bonchev–Trinajstić information content (AvgIpc) is 3.16. The van der Waals surface area contributed by atoms with Crippen LogP contribution in [0.3, 0.4) is 0 Å².